The van der Waals surface area contributed by atoms with Crippen molar-refractivity contribution in [3.8, 4) is 0 Å². The minimum Gasteiger partial charge on any atom is -0.451 e. The Morgan fingerprint density at radius 2 is 1.62 bits per heavy atom. The summed E-state index contributed by atoms with van der Waals surface area (Å²) < 4.78 is 5.99. The number of amides is 1. The maximum Gasteiger partial charge on any atom is 0.350 e. The fraction of sp³-hybridized carbons (Fsp3) is 0.0417. The molecule has 0 aliphatic heterocycles. The number of halogens is 2. The minimum atomic E-state index is -0.692. The van der Waals surface area contributed by atoms with E-state index in [1.165, 1.54) is 23.5 Å². The molecule has 0 atom stereocenters. The van der Waals surface area contributed by atoms with Crippen LogP contribution in [0.5, 0.6) is 0 Å². The van der Waals surface area contributed by atoms with Crippen LogP contribution in [0.3, 0.4) is 0 Å². The van der Waals surface area contributed by atoms with Crippen molar-refractivity contribution in [3.05, 3.63) is 98.8 Å². The number of hydrogen-bond acceptors (Lipinski definition) is 5. The van der Waals surface area contributed by atoms with Gasteiger partial charge < -0.3 is 10.1 Å². The zero-order valence-corrected chi connectivity index (χ0v) is 18.8. The van der Waals surface area contributed by atoms with Crippen LogP contribution in [0, 0.1) is 0 Å². The molecule has 1 heterocycles. The van der Waals surface area contributed by atoms with E-state index < -0.39 is 18.5 Å². The van der Waals surface area contributed by atoms with Gasteiger partial charge in [0.2, 0.25) is 0 Å². The summed E-state index contributed by atoms with van der Waals surface area (Å²) in [4.78, 5) is 38.0. The van der Waals surface area contributed by atoms with Crippen molar-refractivity contribution in [1.82, 2.24) is 0 Å². The molecule has 160 valence electrons. The van der Waals surface area contributed by atoms with Crippen LogP contribution in [0.15, 0.2) is 72.8 Å². The Kier molecular flexibility index (Phi) is 6.55. The lowest BCUT2D eigenvalue weighted by atomic mass is 10.0. The van der Waals surface area contributed by atoms with E-state index >= 15 is 0 Å². The van der Waals surface area contributed by atoms with E-state index in [-0.39, 0.29) is 21.9 Å². The maximum atomic E-state index is 12.9. The van der Waals surface area contributed by atoms with Crippen LogP contribution in [0.4, 0.5) is 5.69 Å². The van der Waals surface area contributed by atoms with Gasteiger partial charge in [-0.1, -0.05) is 71.7 Å². The molecule has 0 saturated heterocycles. The molecular weight excluding hydrogens is 469 g/mol. The molecule has 4 aromatic rings. The maximum absolute atomic E-state index is 12.9. The van der Waals surface area contributed by atoms with Gasteiger partial charge in [-0.25, -0.2) is 4.79 Å². The molecule has 0 saturated carbocycles. The molecule has 0 spiro atoms. The topological polar surface area (TPSA) is 72.5 Å². The third-order valence-electron chi connectivity index (χ3n) is 4.59. The second-order valence-electron chi connectivity index (χ2n) is 6.75. The zero-order chi connectivity index (χ0) is 22.7. The number of anilines is 1. The van der Waals surface area contributed by atoms with Crippen molar-refractivity contribution < 1.29 is 19.1 Å². The third kappa shape index (κ3) is 4.67. The van der Waals surface area contributed by atoms with Crippen LogP contribution in [-0.4, -0.2) is 24.3 Å². The monoisotopic (exact) mass is 483 g/mol. The number of carbonyl (C=O) groups is 3. The molecule has 1 amide bonds. The van der Waals surface area contributed by atoms with Gasteiger partial charge in [0.15, 0.2) is 12.4 Å². The number of hydrogen-bond donors (Lipinski definition) is 1. The Hall–Kier alpha value is -3.19. The molecule has 4 rings (SSSR count). The highest BCUT2D eigenvalue weighted by Gasteiger charge is 2.20. The van der Waals surface area contributed by atoms with E-state index in [0.717, 1.165) is 10.1 Å². The average molecular weight is 484 g/mol. The van der Waals surface area contributed by atoms with Crippen LogP contribution in [0.2, 0.25) is 10.0 Å². The van der Waals surface area contributed by atoms with Gasteiger partial charge in [-0.15, -0.1) is 11.3 Å². The van der Waals surface area contributed by atoms with E-state index in [2.05, 4.69) is 5.32 Å². The summed E-state index contributed by atoms with van der Waals surface area (Å²) >= 11 is 13.5. The van der Waals surface area contributed by atoms with Gasteiger partial charge >= 0.3 is 5.97 Å². The summed E-state index contributed by atoms with van der Waals surface area (Å²) in [6.07, 6.45) is 0. The normalized spacial score (nSPS) is 10.7. The standard InChI is InChI=1S/C24H15Cl2NO4S/c25-15-10-11-18(17(12-15)22(29)14-6-2-1-3-7-14)27-20(28)13-31-24(30)23-21(26)16-8-4-5-9-19(16)32-23/h1-12H,13H2,(H,27,28). The lowest BCUT2D eigenvalue weighted by Gasteiger charge is -2.11. The number of thiophene rings is 1. The van der Waals surface area contributed by atoms with Gasteiger partial charge in [0.05, 0.1) is 10.7 Å². The Morgan fingerprint density at radius 3 is 2.38 bits per heavy atom. The number of carbonyl (C=O) groups excluding carboxylic acids is 3. The molecule has 0 unspecified atom stereocenters. The minimum absolute atomic E-state index is 0.229. The first-order valence-corrected chi connectivity index (χ1v) is 11.0. The molecule has 0 radical (unpaired) electrons. The molecule has 1 aromatic heterocycles. The van der Waals surface area contributed by atoms with Crippen molar-refractivity contribution >= 4 is 68.0 Å². The molecule has 5 nitrogen and oxygen atoms in total. The van der Waals surface area contributed by atoms with Crippen LogP contribution in [-0.2, 0) is 9.53 Å². The van der Waals surface area contributed by atoms with Crippen molar-refractivity contribution in [2.75, 3.05) is 11.9 Å². The Balaban J connectivity index is 1.47. The summed E-state index contributed by atoms with van der Waals surface area (Å²) in [6.45, 7) is -0.537. The van der Waals surface area contributed by atoms with Crippen molar-refractivity contribution in [1.29, 1.82) is 0 Å². The van der Waals surface area contributed by atoms with E-state index in [9.17, 15) is 14.4 Å². The number of ether oxygens (including phenoxy) is 1. The van der Waals surface area contributed by atoms with Crippen molar-refractivity contribution in [2.24, 2.45) is 0 Å². The zero-order valence-electron chi connectivity index (χ0n) is 16.4. The second kappa shape index (κ2) is 9.53. The van der Waals surface area contributed by atoms with Gasteiger partial charge in [-0.2, -0.15) is 0 Å². The Morgan fingerprint density at radius 1 is 0.906 bits per heavy atom. The van der Waals surface area contributed by atoms with Crippen LogP contribution in [0.25, 0.3) is 10.1 Å². The summed E-state index contributed by atoms with van der Waals surface area (Å²) in [7, 11) is 0. The number of rotatable bonds is 6. The van der Waals surface area contributed by atoms with Gasteiger partial charge in [-0.05, 0) is 24.3 Å². The van der Waals surface area contributed by atoms with Crippen LogP contribution < -0.4 is 5.32 Å². The molecule has 32 heavy (non-hydrogen) atoms. The lowest BCUT2D eigenvalue weighted by Crippen LogP contribution is -2.22. The highest BCUT2D eigenvalue weighted by Crippen LogP contribution is 2.35. The fourth-order valence-electron chi connectivity index (χ4n) is 3.09. The predicted octanol–water partition coefficient (Wildman–Crippen LogP) is 6.23. The molecule has 0 fully saturated rings. The van der Waals surface area contributed by atoms with Gasteiger partial charge in [-0.3, -0.25) is 9.59 Å². The largest absolute Gasteiger partial charge is 0.451 e. The summed E-state index contributed by atoms with van der Waals surface area (Å²) in [6, 6.07) is 20.5. The van der Waals surface area contributed by atoms with Gasteiger partial charge in [0.1, 0.15) is 4.88 Å². The smallest absolute Gasteiger partial charge is 0.350 e. The molecule has 0 aliphatic rings. The molecule has 0 bridgehead atoms. The molecule has 1 N–H and O–H groups in total. The Labute approximate surface area is 197 Å². The number of benzene rings is 3. The molecule has 8 heteroatoms. The summed E-state index contributed by atoms with van der Waals surface area (Å²) in [5, 5.41) is 4.01. The number of nitrogens with one attached hydrogen (secondary N) is 1. The summed E-state index contributed by atoms with van der Waals surface area (Å²) in [5.41, 5.74) is 0.955. The van der Waals surface area contributed by atoms with Crippen molar-refractivity contribution in [3.63, 3.8) is 0 Å². The van der Waals surface area contributed by atoms with Crippen molar-refractivity contribution in [2.45, 2.75) is 0 Å². The van der Waals surface area contributed by atoms with Gasteiger partial charge in [0.25, 0.3) is 5.91 Å². The van der Waals surface area contributed by atoms with Crippen LogP contribution >= 0.6 is 34.5 Å². The second-order valence-corrected chi connectivity index (χ2v) is 8.62. The first kappa shape index (κ1) is 22.0. The van der Waals surface area contributed by atoms with Crippen LogP contribution in [0.1, 0.15) is 25.6 Å². The van der Waals surface area contributed by atoms with E-state index in [1.807, 2.05) is 24.3 Å². The highest BCUT2D eigenvalue weighted by molar-refractivity contribution is 7.21. The lowest BCUT2D eigenvalue weighted by molar-refractivity contribution is -0.119. The van der Waals surface area contributed by atoms with Gasteiger partial charge in [0, 0.05) is 26.2 Å². The molecule has 0 aliphatic carbocycles. The predicted molar refractivity (Wildman–Crippen MR) is 127 cm³/mol. The summed E-state index contributed by atoms with van der Waals surface area (Å²) in [5.74, 6) is -1.58. The number of ketones is 1. The SMILES string of the molecule is O=C(COC(=O)c1sc2ccccc2c1Cl)Nc1ccc(Cl)cc1C(=O)c1ccccc1. The Bertz CT molecular complexity index is 1330. The van der Waals surface area contributed by atoms with E-state index in [4.69, 9.17) is 27.9 Å². The molecular formula is C24H15Cl2NO4S. The quantitative estimate of drug-likeness (QED) is 0.260. The number of fused-ring (bicyclic) bond motifs is 1. The average Bonchev–Trinajstić information content (AvgIpc) is 3.15. The highest BCUT2D eigenvalue weighted by atomic mass is 35.5. The van der Waals surface area contributed by atoms with E-state index in [0.29, 0.717) is 15.6 Å². The first-order valence-electron chi connectivity index (χ1n) is 9.47. The first-order chi connectivity index (χ1) is 15.4. The third-order valence-corrected chi connectivity index (χ3v) is 6.48. The fourth-order valence-corrected chi connectivity index (χ4v) is 4.66. The number of esters is 1. The molecule has 3 aromatic carbocycles. The van der Waals surface area contributed by atoms with E-state index in [1.54, 1.807) is 36.4 Å².